The first-order valence-electron chi connectivity index (χ1n) is 8.65. The molecule has 0 spiro atoms. The summed E-state index contributed by atoms with van der Waals surface area (Å²) in [5.74, 6) is 0.210. The summed E-state index contributed by atoms with van der Waals surface area (Å²) in [7, 11) is 1.90. The normalized spacial score (nSPS) is 19.9. The number of carbonyl (C=O) groups excluding carboxylic acids is 1. The second-order valence-corrected chi connectivity index (χ2v) is 6.46. The van der Waals surface area contributed by atoms with Crippen molar-refractivity contribution >= 4 is 11.6 Å². The molecule has 1 aliphatic heterocycles. The summed E-state index contributed by atoms with van der Waals surface area (Å²) in [6.07, 6.45) is 5.59. The van der Waals surface area contributed by atoms with E-state index in [1.165, 1.54) is 19.3 Å². The average molecular weight is 307 g/mol. The summed E-state index contributed by atoms with van der Waals surface area (Å²) in [5.41, 5.74) is 2.82. The van der Waals surface area contributed by atoms with Gasteiger partial charge in [-0.15, -0.1) is 0 Å². The number of nitrogens with zero attached hydrogens (tertiary/aromatic N) is 1. The first-order valence-corrected chi connectivity index (χ1v) is 8.65. The minimum Gasteiger partial charge on any atom is -0.314 e. The van der Waals surface area contributed by atoms with Gasteiger partial charge in [0.25, 0.3) is 0 Å². The maximum Gasteiger partial charge on any atom is 0.241 e. The zero-order valence-electron chi connectivity index (χ0n) is 14.1. The van der Waals surface area contributed by atoms with E-state index < -0.39 is 5.41 Å². The first-order chi connectivity index (χ1) is 11.2. The van der Waals surface area contributed by atoms with Crippen LogP contribution < -0.4 is 4.90 Å². The van der Waals surface area contributed by atoms with Crippen molar-refractivity contribution in [3.05, 3.63) is 65.7 Å². The molecular weight excluding hydrogens is 282 g/mol. The molecule has 1 heterocycles. The quantitative estimate of drug-likeness (QED) is 0.694. The molecule has 0 fully saturated rings. The molecule has 0 radical (unpaired) electrons. The van der Waals surface area contributed by atoms with Gasteiger partial charge in [0.05, 0.1) is 0 Å². The monoisotopic (exact) mass is 307 g/mol. The Labute approximate surface area is 139 Å². The Morgan fingerprint density at radius 2 is 1.61 bits per heavy atom. The Kier molecular flexibility index (Phi) is 4.51. The summed E-state index contributed by atoms with van der Waals surface area (Å²) < 4.78 is 0. The molecule has 120 valence electrons. The van der Waals surface area contributed by atoms with Crippen LogP contribution in [0.3, 0.4) is 0 Å². The highest BCUT2D eigenvalue weighted by Gasteiger charge is 2.50. The molecule has 0 bridgehead atoms. The summed E-state index contributed by atoms with van der Waals surface area (Å²) in [6, 6.07) is 18.6. The zero-order valence-corrected chi connectivity index (χ0v) is 14.1. The van der Waals surface area contributed by atoms with Crippen LogP contribution in [0.4, 0.5) is 5.69 Å². The van der Waals surface area contributed by atoms with E-state index in [9.17, 15) is 4.79 Å². The second kappa shape index (κ2) is 6.57. The Morgan fingerprint density at radius 1 is 0.913 bits per heavy atom. The fourth-order valence-electron chi connectivity index (χ4n) is 3.84. The van der Waals surface area contributed by atoms with Gasteiger partial charge in [0.15, 0.2) is 0 Å². The lowest BCUT2D eigenvalue weighted by molar-refractivity contribution is -0.121. The number of anilines is 1. The number of benzene rings is 2. The van der Waals surface area contributed by atoms with E-state index in [1.54, 1.807) is 0 Å². The van der Waals surface area contributed by atoms with Gasteiger partial charge in [-0.25, -0.2) is 0 Å². The van der Waals surface area contributed by atoms with Crippen LogP contribution in [0.1, 0.15) is 50.2 Å². The highest BCUT2D eigenvalue weighted by atomic mass is 16.2. The molecule has 3 rings (SSSR count). The largest absolute Gasteiger partial charge is 0.314 e. The first kappa shape index (κ1) is 15.8. The number of amides is 1. The van der Waals surface area contributed by atoms with E-state index in [-0.39, 0.29) is 5.91 Å². The fourth-order valence-corrected chi connectivity index (χ4v) is 3.84. The molecule has 0 unspecified atom stereocenters. The lowest BCUT2D eigenvalue weighted by Gasteiger charge is -2.29. The van der Waals surface area contributed by atoms with Crippen LogP contribution in [0.15, 0.2) is 54.6 Å². The highest BCUT2D eigenvalue weighted by molar-refractivity contribution is 6.10. The highest BCUT2D eigenvalue weighted by Crippen LogP contribution is 2.48. The van der Waals surface area contributed by atoms with Gasteiger partial charge >= 0.3 is 0 Å². The molecule has 2 heteroatoms. The summed E-state index contributed by atoms with van der Waals surface area (Å²) >= 11 is 0. The van der Waals surface area contributed by atoms with Crippen LogP contribution in [-0.2, 0) is 10.2 Å². The fraction of sp³-hybridized carbons (Fsp3) is 0.381. The predicted octanol–water partition coefficient (Wildman–Crippen LogP) is 4.92. The molecule has 0 saturated carbocycles. The Hall–Kier alpha value is -2.09. The SMILES string of the molecule is CCCCCC[C@]1(c2ccccc2)C(=O)N(C)c2ccccc21. The van der Waals surface area contributed by atoms with Crippen molar-refractivity contribution in [3.63, 3.8) is 0 Å². The number of carbonyl (C=O) groups is 1. The van der Waals surface area contributed by atoms with E-state index in [4.69, 9.17) is 0 Å². The standard InChI is InChI=1S/C21H25NO/c1-3-4-5-11-16-21(17-12-7-6-8-13-17)18-14-9-10-15-19(18)22(2)20(21)23/h6-10,12-15H,3-5,11,16H2,1-2H3/t21-/m1/s1. The Balaban J connectivity index is 2.07. The molecule has 1 atom stereocenters. The van der Waals surface area contributed by atoms with E-state index in [2.05, 4.69) is 37.3 Å². The van der Waals surface area contributed by atoms with Gasteiger partial charge in [-0.05, 0) is 23.6 Å². The number of likely N-dealkylation sites (N-methyl/N-ethyl adjacent to an activating group) is 1. The van der Waals surface area contributed by atoms with Crippen LogP contribution in [0.5, 0.6) is 0 Å². The van der Waals surface area contributed by atoms with Crippen molar-refractivity contribution < 1.29 is 4.79 Å². The molecule has 0 aromatic heterocycles. The van der Waals surface area contributed by atoms with Gasteiger partial charge in [0.1, 0.15) is 5.41 Å². The summed E-state index contributed by atoms with van der Waals surface area (Å²) in [5, 5.41) is 0. The zero-order chi connectivity index (χ0) is 16.3. The van der Waals surface area contributed by atoms with Crippen LogP contribution in [-0.4, -0.2) is 13.0 Å². The molecule has 0 aliphatic carbocycles. The molecule has 1 aliphatic rings. The van der Waals surface area contributed by atoms with Crippen LogP contribution in [0.25, 0.3) is 0 Å². The van der Waals surface area contributed by atoms with Crippen LogP contribution in [0.2, 0.25) is 0 Å². The second-order valence-electron chi connectivity index (χ2n) is 6.46. The number of hydrogen-bond donors (Lipinski definition) is 0. The van der Waals surface area contributed by atoms with Crippen molar-refractivity contribution in [2.75, 3.05) is 11.9 Å². The number of para-hydroxylation sites is 1. The number of rotatable bonds is 6. The van der Waals surface area contributed by atoms with Gasteiger partial charge in [-0.1, -0.05) is 81.1 Å². The lowest BCUT2D eigenvalue weighted by atomic mass is 9.72. The maximum atomic E-state index is 13.3. The molecule has 23 heavy (non-hydrogen) atoms. The maximum absolute atomic E-state index is 13.3. The molecule has 2 aromatic rings. The topological polar surface area (TPSA) is 20.3 Å². The van der Waals surface area contributed by atoms with Crippen molar-refractivity contribution in [2.45, 2.75) is 44.4 Å². The summed E-state index contributed by atoms with van der Waals surface area (Å²) in [6.45, 7) is 2.22. The third-order valence-electron chi connectivity index (χ3n) is 5.07. The minimum absolute atomic E-state index is 0.210. The molecule has 2 aromatic carbocycles. The summed E-state index contributed by atoms with van der Waals surface area (Å²) in [4.78, 5) is 15.1. The van der Waals surface area contributed by atoms with Gasteiger partial charge in [-0.3, -0.25) is 4.79 Å². The third-order valence-corrected chi connectivity index (χ3v) is 5.07. The number of hydrogen-bond acceptors (Lipinski definition) is 1. The molecule has 1 amide bonds. The lowest BCUT2D eigenvalue weighted by Crippen LogP contribution is -2.39. The van der Waals surface area contributed by atoms with Crippen molar-refractivity contribution in [1.82, 2.24) is 0 Å². The number of unbranched alkanes of at least 4 members (excludes halogenated alkanes) is 3. The Bertz CT molecular complexity index is 679. The molecule has 0 saturated heterocycles. The van der Waals surface area contributed by atoms with Gasteiger partial charge < -0.3 is 4.90 Å². The van der Waals surface area contributed by atoms with Crippen molar-refractivity contribution in [2.24, 2.45) is 0 Å². The van der Waals surface area contributed by atoms with E-state index >= 15 is 0 Å². The predicted molar refractivity (Wildman–Crippen MR) is 95.8 cm³/mol. The van der Waals surface area contributed by atoms with Gasteiger partial charge in [-0.2, -0.15) is 0 Å². The van der Waals surface area contributed by atoms with Gasteiger partial charge in [0, 0.05) is 12.7 Å². The van der Waals surface area contributed by atoms with Crippen LogP contribution >= 0.6 is 0 Å². The molecular formula is C21H25NO. The number of fused-ring (bicyclic) bond motifs is 1. The van der Waals surface area contributed by atoms with Gasteiger partial charge in [0.2, 0.25) is 5.91 Å². The molecule has 2 nitrogen and oxygen atoms in total. The minimum atomic E-state index is -0.514. The van der Waals surface area contributed by atoms with E-state index in [0.717, 1.165) is 29.7 Å². The van der Waals surface area contributed by atoms with Crippen LogP contribution in [0, 0.1) is 0 Å². The van der Waals surface area contributed by atoms with Crippen molar-refractivity contribution in [1.29, 1.82) is 0 Å². The molecule has 0 N–H and O–H groups in total. The van der Waals surface area contributed by atoms with E-state index in [0.29, 0.717) is 0 Å². The Morgan fingerprint density at radius 3 is 2.35 bits per heavy atom. The van der Waals surface area contributed by atoms with E-state index in [1.807, 2.05) is 36.2 Å². The average Bonchev–Trinajstić information content (AvgIpc) is 2.82. The third kappa shape index (κ3) is 2.56. The smallest absolute Gasteiger partial charge is 0.241 e. The van der Waals surface area contributed by atoms with Crippen molar-refractivity contribution in [3.8, 4) is 0 Å².